The van der Waals surface area contributed by atoms with Crippen molar-refractivity contribution in [2.45, 2.75) is 65.8 Å². The van der Waals surface area contributed by atoms with Gasteiger partial charge in [0, 0.05) is 5.54 Å². The molecule has 1 aliphatic carbocycles. The van der Waals surface area contributed by atoms with Crippen molar-refractivity contribution in [2.75, 3.05) is 13.2 Å². The summed E-state index contributed by atoms with van der Waals surface area (Å²) in [7, 11) is 0. The van der Waals surface area contributed by atoms with Crippen LogP contribution in [0.3, 0.4) is 0 Å². The van der Waals surface area contributed by atoms with E-state index in [2.05, 4.69) is 39.9 Å². The second-order valence-electron chi connectivity index (χ2n) is 7.51. The molecule has 1 rings (SSSR count). The van der Waals surface area contributed by atoms with Crippen molar-refractivity contribution in [2.24, 2.45) is 17.3 Å². The highest BCUT2D eigenvalue weighted by Crippen LogP contribution is 2.39. The van der Waals surface area contributed by atoms with Crippen LogP contribution in [0.1, 0.15) is 60.3 Å². The highest BCUT2D eigenvalue weighted by atomic mass is 16.3. The predicted octanol–water partition coefficient (Wildman–Crippen LogP) is 3.20. The number of hydrogen-bond acceptors (Lipinski definition) is 2. The highest BCUT2D eigenvalue weighted by Gasteiger charge is 2.30. The molecule has 0 atom stereocenters. The summed E-state index contributed by atoms with van der Waals surface area (Å²) in [5, 5.41) is 12.7. The standard InChI is InChI=1S/C15H31NO/c1-14(2,3)13-8-6-12(7-9-13)10-16-15(4,5)11-17/h12-13,16-17H,6-11H2,1-5H3. The molecular weight excluding hydrogens is 210 g/mol. The molecule has 0 aliphatic heterocycles. The summed E-state index contributed by atoms with van der Waals surface area (Å²) in [5.41, 5.74) is 0.351. The minimum absolute atomic E-state index is 0.124. The first-order valence-electron chi connectivity index (χ1n) is 7.10. The molecule has 0 saturated heterocycles. The normalized spacial score (nSPS) is 27.2. The average molecular weight is 241 g/mol. The van der Waals surface area contributed by atoms with Crippen LogP contribution in [0.4, 0.5) is 0 Å². The number of rotatable bonds is 4. The van der Waals surface area contributed by atoms with Gasteiger partial charge < -0.3 is 10.4 Å². The average Bonchev–Trinajstić information content (AvgIpc) is 2.26. The molecule has 0 amide bonds. The van der Waals surface area contributed by atoms with Crippen LogP contribution in [0.25, 0.3) is 0 Å². The van der Waals surface area contributed by atoms with Crippen LogP contribution in [-0.4, -0.2) is 23.8 Å². The maximum Gasteiger partial charge on any atom is 0.0607 e. The molecule has 17 heavy (non-hydrogen) atoms. The minimum atomic E-state index is -0.124. The Hall–Kier alpha value is -0.0800. The third-order valence-corrected chi connectivity index (χ3v) is 4.34. The van der Waals surface area contributed by atoms with Crippen molar-refractivity contribution in [1.29, 1.82) is 0 Å². The van der Waals surface area contributed by atoms with Gasteiger partial charge in [-0.3, -0.25) is 0 Å². The Kier molecular flexibility index (Phi) is 5.03. The first-order chi connectivity index (χ1) is 7.74. The summed E-state index contributed by atoms with van der Waals surface area (Å²) in [6.07, 6.45) is 5.43. The van der Waals surface area contributed by atoms with Gasteiger partial charge in [-0.05, 0) is 63.3 Å². The maximum atomic E-state index is 9.21. The smallest absolute Gasteiger partial charge is 0.0607 e. The monoisotopic (exact) mass is 241 g/mol. The first-order valence-corrected chi connectivity index (χ1v) is 7.10. The molecule has 0 spiro atoms. The van der Waals surface area contributed by atoms with Crippen LogP contribution in [0.5, 0.6) is 0 Å². The van der Waals surface area contributed by atoms with E-state index in [0.717, 1.165) is 18.4 Å². The largest absolute Gasteiger partial charge is 0.394 e. The molecule has 0 aromatic rings. The predicted molar refractivity (Wildman–Crippen MR) is 74.1 cm³/mol. The van der Waals surface area contributed by atoms with E-state index >= 15 is 0 Å². The van der Waals surface area contributed by atoms with E-state index in [1.54, 1.807) is 0 Å². The summed E-state index contributed by atoms with van der Waals surface area (Å²) in [5.74, 6) is 1.70. The number of nitrogens with one attached hydrogen (secondary N) is 1. The van der Waals surface area contributed by atoms with Gasteiger partial charge in [-0.1, -0.05) is 20.8 Å². The molecule has 2 heteroatoms. The lowest BCUT2D eigenvalue weighted by Gasteiger charge is -2.38. The molecule has 2 nitrogen and oxygen atoms in total. The van der Waals surface area contributed by atoms with Gasteiger partial charge in [0.05, 0.1) is 6.61 Å². The van der Waals surface area contributed by atoms with Gasteiger partial charge in [0.25, 0.3) is 0 Å². The van der Waals surface area contributed by atoms with Crippen LogP contribution >= 0.6 is 0 Å². The zero-order valence-corrected chi connectivity index (χ0v) is 12.3. The molecule has 0 bridgehead atoms. The lowest BCUT2D eigenvalue weighted by atomic mass is 9.70. The Bertz CT molecular complexity index is 222. The number of hydrogen-bond donors (Lipinski definition) is 2. The van der Waals surface area contributed by atoms with Crippen molar-refractivity contribution < 1.29 is 5.11 Å². The van der Waals surface area contributed by atoms with Crippen LogP contribution in [0.2, 0.25) is 0 Å². The number of aliphatic hydroxyl groups excluding tert-OH is 1. The van der Waals surface area contributed by atoms with Crippen LogP contribution < -0.4 is 5.32 Å². The SMILES string of the molecule is CC(C)(CO)NCC1CCC(C(C)(C)C)CC1. The van der Waals surface area contributed by atoms with Gasteiger partial charge in [-0.25, -0.2) is 0 Å². The summed E-state index contributed by atoms with van der Waals surface area (Å²) < 4.78 is 0. The molecule has 0 heterocycles. The Balaban J connectivity index is 2.29. The quantitative estimate of drug-likeness (QED) is 0.792. The van der Waals surface area contributed by atoms with Crippen LogP contribution in [0, 0.1) is 17.3 Å². The fourth-order valence-corrected chi connectivity index (χ4v) is 2.71. The van der Waals surface area contributed by atoms with E-state index in [1.807, 2.05) is 0 Å². The van der Waals surface area contributed by atoms with Gasteiger partial charge in [-0.2, -0.15) is 0 Å². The van der Waals surface area contributed by atoms with Crippen molar-refractivity contribution >= 4 is 0 Å². The van der Waals surface area contributed by atoms with E-state index in [0.29, 0.717) is 5.41 Å². The molecule has 1 fully saturated rings. The van der Waals surface area contributed by atoms with Crippen molar-refractivity contribution in [3.05, 3.63) is 0 Å². The maximum absolute atomic E-state index is 9.21. The van der Waals surface area contributed by atoms with E-state index < -0.39 is 0 Å². The van der Waals surface area contributed by atoms with Crippen LogP contribution in [0.15, 0.2) is 0 Å². The molecule has 0 unspecified atom stereocenters. The third-order valence-electron chi connectivity index (χ3n) is 4.34. The Morgan fingerprint density at radius 2 is 1.53 bits per heavy atom. The zero-order chi connectivity index (χ0) is 13.1. The molecule has 0 radical (unpaired) electrons. The summed E-state index contributed by atoms with van der Waals surface area (Å²) in [6, 6.07) is 0. The zero-order valence-electron chi connectivity index (χ0n) is 12.3. The van der Waals surface area contributed by atoms with Crippen molar-refractivity contribution in [3.63, 3.8) is 0 Å². The second-order valence-corrected chi connectivity index (χ2v) is 7.51. The lowest BCUT2D eigenvalue weighted by molar-refractivity contribution is 0.135. The van der Waals surface area contributed by atoms with Gasteiger partial charge >= 0.3 is 0 Å². The highest BCUT2D eigenvalue weighted by molar-refractivity contribution is 4.83. The van der Waals surface area contributed by atoms with Crippen molar-refractivity contribution in [3.8, 4) is 0 Å². The number of aliphatic hydroxyl groups is 1. The van der Waals surface area contributed by atoms with Crippen LogP contribution in [-0.2, 0) is 0 Å². The minimum Gasteiger partial charge on any atom is -0.394 e. The van der Waals surface area contributed by atoms with Gasteiger partial charge in [0.15, 0.2) is 0 Å². The first kappa shape index (κ1) is 15.0. The summed E-state index contributed by atoms with van der Waals surface area (Å²) >= 11 is 0. The molecular formula is C15H31NO. The molecule has 0 aromatic carbocycles. The molecule has 0 aromatic heterocycles. The third kappa shape index (κ3) is 4.97. The topological polar surface area (TPSA) is 32.3 Å². The molecule has 102 valence electrons. The van der Waals surface area contributed by atoms with E-state index in [1.165, 1.54) is 25.7 Å². The lowest BCUT2D eigenvalue weighted by Crippen LogP contribution is -2.45. The molecule has 1 saturated carbocycles. The van der Waals surface area contributed by atoms with Gasteiger partial charge in [-0.15, -0.1) is 0 Å². The van der Waals surface area contributed by atoms with E-state index in [9.17, 15) is 5.11 Å². The Labute approximate surface area is 107 Å². The second kappa shape index (κ2) is 5.71. The van der Waals surface area contributed by atoms with Crippen molar-refractivity contribution in [1.82, 2.24) is 5.32 Å². The molecule has 2 N–H and O–H groups in total. The summed E-state index contributed by atoms with van der Waals surface area (Å²) in [4.78, 5) is 0. The molecule has 1 aliphatic rings. The van der Waals surface area contributed by atoms with Gasteiger partial charge in [0.1, 0.15) is 0 Å². The van der Waals surface area contributed by atoms with E-state index in [-0.39, 0.29) is 12.1 Å². The fraction of sp³-hybridized carbons (Fsp3) is 1.00. The van der Waals surface area contributed by atoms with Gasteiger partial charge in [0.2, 0.25) is 0 Å². The van der Waals surface area contributed by atoms with E-state index in [4.69, 9.17) is 0 Å². The summed E-state index contributed by atoms with van der Waals surface area (Å²) in [6.45, 7) is 12.5. The fourth-order valence-electron chi connectivity index (χ4n) is 2.71. The Morgan fingerprint density at radius 1 is 1.00 bits per heavy atom. The Morgan fingerprint density at radius 3 is 1.94 bits per heavy atom.